The first-order chi connectivity index (χ1) is 11.9. The largest absolute Gasteiger partial charge is 0.394 e. The van der Waals surface area contributed by atoms with E-state index < -0.39 is 11.8 Å². The van der Waals surface area contributed by atoms with E-state index in [2.05, 4.69) is 42.5 Å². The minimum absolute atomic E-state index is 0.0249. The highest BCUT2D eigenvalue weighted by Gasteiger charge is 2.17. The molecule has 0 spiro atoms. The van der Waals surface area contributed by atoms with Gasteiger partial charge < -0.3 is 20.5 Å². The molecule has 0 fully saturated rings. The van der Waals surface area contributed by atoms with Gasteiger partial charge in [-0.3, -0.25) is 14.4 Å². The third-order valence-corrected chi connectivity index (χ3v) is 4.95. The van der Waals surface area contributed by atoms with Gasteiger partial charge >= 0.3 is 0 Å². The van der Waals surface area contributed by atoms with Crippen LogP contribution in [0.2, 0.25) is 0 Å². The van der Waals surface area contributed by atoms with Crippen LogP contribution < -0.4 is 10.6 Å². The molecule has 0 bridgehead atoms. The van der Waals surface area contributed by atoms with Crippen molar-refractivity contribution in [2.24, 2.45) is 0 Å². The number of rotatable bonds is 9. The normalized spacial score (nSPS) is 11.5. The average molecular weight is 478 g/mol. The van der Waals surface area contributed by atoms with E-state index in [9.17, 15) is 14.4 Å². The number of nitrogens with one attached hydrogen (secondary N) is 2. The van der Waals surface area contributed by atoms with Gasteiger partial charge in [-0.15, -0.1) is 0 Å². The molecule has 0 radical (unpaired) electrons. The van der Waals surface area contributed by atoms with Crippen LogP contribution in [-0.2, 0) is 14.3 Å². The fourth-order valence-electron chi connectivity index (χ4n) is 1.65. The highest BCUT2D eigenvalue weighted by Crippen LogP contribution is 2.20. The number of carbonyl (C=O) groups excluding carboxylic acids is 3. The summed E-state index contributed by atoms with van der Waals surface area (Å²) in [6, 6.07) is 6.40. The van der Waals surface area contributed by atoms with Gasteiger partial charge in [-0.1, -0.05) is 0 Å². The molecule has 0 unspecified atom stereocenters. The van der Waals surface area contributed by atoms with Crippen molar-refractivity contribution in [3.63, 3.8) is 0 Å². The topological polar surface area (TPSA) is 105 Å². The fraction of sp³-hybridized carbons (Fsp3) is 0.312. The van der Waals surface area contributed by atoms with E-state index in [1.165, 1.54) is 6.92 Å². The van der Waals surface area contributed by atoms with Gasteiger partial charge in [-0.25, -0.2) is 0 Å². The van der Waals surface area contributed by atoms with Gasteiger partial charge in [0.2, 0.25) is 0 Å². The van der Waals surface area contributed by atoms with Crippen LogP contribution in [0.4, 0.5) is 5.69 Å². The quantitative estimate of drug-likeness (QED) is 0.286. The minimum atomic E-state index is -0.519. The lowest BCUT2D eigenvalue weighted by Crippen LogP contribution is -2.28. The molecule has 1 aromatic carbocycles. The summed E-state index contributed by atoms with van der Waals surface area (Å²) in [6.45, 7) is 2.05. The highest BCUT2D eigenvalue weighted by molar-refractivity contribution is 9.14. The van der Waals surface area contributed by atoms with Gasteiger partial charge in [0.25, 0.3) is 11.8 Å². The number of benzene rings is 1. The fourth-order valence-corrected chi connectivity index (χ4v) is 2.25. The molecule has 1 rings (SSSR count). The lowest BCUT2D eigenvalue weighted by Gasteiger charge is -2.08. The van der Waals surface area contributed by atoms with Crippen LogP contribution in [0.25, 0.3) is 0 Å². The number of carbonyl (C=O) groups is 3. The van der Waals surface area contributed by atoms with Crippen LogP contribution in [0, 0.1) is 0 Å². The van der Waals surface area contributed by atoms with Crippen molar-refractivity contribution in [2.45, 2.75) is 6.92 Å². The minimum Gasteiger partial charge on any atom is -0.394 e. The molecule has 25 heavy (non-hydrogen) atoms. The van der Waals surface area contributed by atoms with Crippen LogP contribution in [0.5, 0.6) is 0 Å². The molecule has 136 valence electrons. The first-order valence-corrected chi connectivity index (χ1v) is 8.89. The van der Waals surface area contributed by atoms with E-state index >= 15 is 0 Å². The molecule has 3 N–H and O–H groups in total. The number of anilines is 1. The summed E-state index contributed by atoms with van der Waals surface area (Å²) >= 11 is 6.15. The SMILES string of the molecule is CC(=O)c1ccc(NC(=O)/C(Br)=C(/Br)C(=O)NCCOCCO)cc1. The first-order valence-electron chi connectivity index (χ1n) is 7.31. The van der Waals surface area contributed by atoms with Gasteiger partial charge in [-0.05, 0) is 63.0 Å². The van der Waals surface area contributed by atoms with E-state index in [1.807, 2.05) is 0 Å². The predicted molar refractivity (Wildman–Crippen MR) is 101 cm³/mol. The standard InChI is InChI=1S/C16H18Br2N2O5/c1-10(22)11-2-4-12(5-3-11)20-16(24)14(18)13(17)15(23)19-6-8-25-9-7-21/h2-5,21H,6-9H2,1H3,(H,19,23)(H,20,24)/b14-13-. The number of hydrogen-bond acceptors (Lipinski definition) is 5. The molecule has 9 heteroatoms. The number of aliphatic hydroxyl groups excluding tert-OH is 1. The molecule has 0 aliphatic heterocycles. The van der Waals surface area contributed by atoms with Crippen molar-refractivity contribution in [3.8, 4) is 0 Å². The Balaban J connectivity index is 2.61. The Hall–Kier alpha value is -1.55. The molecule has 0 saturated heterocycles. The van der Waals surface area contributed by atoms with Crippen LogP contribution >= 0.6 is 31.9 Å². The van der Waals surface area contributed by atoms with Gasteiger partial charge in [0.15, 0.2) is 5.78 Å². The molecule has 0 aromatic heterocycles. The second-order valence-corrected chi connectivity index (χ2v) is 6.39. The Bertz CT molecular complexity index is 659. The van der Waals surface area contributed by atoms with Crippen molar-refractivity contribution in [2.75, 3.05) is 31.7 Å². The Labute approximate surface area is 162 Å². The lowest BCUT2D eigenvalue weighted by molar-refractivity contribution is -0.117. The molecule has 1 aromatic rings. The van der Waals surface area contributed by atoms with Crippen molar-refractivity contribution in [1.29, 1.82) is 0 Å². The third kappa shape index (κ3) is 7.47. The molecule has 0 aliphatic carbocycles. The Morgan fingerprint density at radius 3 is 2.20 bits per heavy atom. The van der Waals surface area contributed by atoms with E-state index in [-0.39, 0.29) is 41.1 Å². The second-order valence-electron chi connectivity index (χ2n) is 4.81. The van der Waals surface area contributed by atoms with E-state index in [0.717, 1.165) is 0 Å². The zero-order chi connectivity index (χ0) is 18.8. The maximum atomic E-state index is 12.1. The summed E-state index contributed by atoms with van der Waals surface area (Å²) in [5, 5.41) is 13.7. The van der Waals surface area contributed by atoms with E-state index in [4.69, 9.17) is 9.84 Å². The molecule has 0 atom stereocenters. The maximum Gasteiger partial charge on any atom is 0.264 e. The molecule has 0 aliphatic rings. The monoisotopic (exact) mass is 476 g/mol. The lowest BCUT2D eigenvalue weighted by atomic mass is 10.1. The number of aliphatic hydroxyl groups is 1. The molecular formula is C16H18Br2N2O5. The number of amides is 2. The van der Waals surface area contributed by atoms with E-state index in [1.54, 1.807) is 24.3 Å². The third-order valence-electron chi connectivity index (χ3n) is 2.91. The van der Waals surface area contributed by atoms with Gasteiger partial charge in [0.05, 0.1) is 19.8 Å². The Morgan fingerprint density at radius 2 is 1.64 bits per heavy atom. The zero-order valence-electron chi connectivity index (χ0n) is 13.5. The number of ether oxygens (including phenoxy) is 1. The Kier molecular flexibility index (Phi) is 9.58. The predicted octanol–water partition coefficient (Wildman–Crippen LogP) is 1.95. The van der Waals surface area contributed by atoms with Crippen molar-refractivity contribution >= 4 is 55.1 Å². The van der Waals surface area contributed by atoms with Gasteiger partial charge in [0.1, 0.15) is 8.96 Å². The zero-order valence-corrected chi connectivity index (χ0v) is 16.6. The van der Waals surface area contributed by atoms with Crippen molar-refractivity contribution in [1.82, 2.24) is 5.32 Å². The highest BCUT2D eigenvalue weighted by atomic mass is 79.9. The van der Waals surface area contributed by atoms with Crippen LogP contribution in [0.15, 0.2) is 33.2 Å². The molecule has 0 saturated carbocycles. The van der Waals surface area contributed by atoms with Gasteiger partial charge in [-0.2, -0.15) is 0 Å². The number of halogens is 2. The molecule has 7 nitrogen and oxygen atoms in total. The van der Waals surface area contributed by atoms with E-state index in [0.29, 0.717) is 11.3 Å². The first kappa shape index (κ1) is 21.5. The average Bonchev–Trinajstić information content (AvgIpc) is 2.60. The second kappa shape index (κ2) is 11.1. The van der Waals surface area contributed by atoms with Crippen LogP contribution in [-0.4, -0.2) is 49.1 Å². The number of hydrogen-bond donors (Lipinski definition) is 3. The van der Waals surface area contributed by atoms with Crippen LogP contribution in [0.1, 0.15) is 17.3 Å². The van der Waals surface area contributed by atoms with Crippen LogP contribution in [0.3, 0.4) is 0 Å². The maximum absolute atomic E-state index is 12.1. The summed E-state index contributed by atoms with van der Waals surface area (Å²) in [7, 11) is 0. The summed E-state index contributed by atoms with van der Waals surface area (Å²) in [4.78, 5) is 35.3. The smallest absolute Gasteiger partial charge is 0.264 e. The van der Waals surface area contributed by atoms with Gasteiger partial charge in [0, 0.05) is 17.8 Å². The number of ketones is 1. The van der Waals surface area contributed by atoms with Crippen molar-refractivity contribution in [3.05, 3.63) is 38.8 Å². The molecule has 2 amide bonds. The van der Waals surface area contributed by atoms with Crippen molar-refractivity contribution < 1.29 is 24.2 Å². The summed E-state index contributed by atoms with van der Waals surface area (Å²) in [6.07, 6.45) is 0. The Morgan fingerprint density at radius 1 is 1.04 bits per heavy atom. The molecular weight excluding hydrogens is 460 g/mol. The summed E-state index contributed by atoms with van der Waals surface area (Å²) in [5.41, 5.74) is 1.03. The summed E-state index contributed by atoms with van der Waals surface area (Å²) in [5.74, 6) is -1.07. The summed E-state index contributed by atoms with van der Waals surface area (Å²) < 4.78 is 5.07. The molecule has 0 heterocycles. The number of Topliss-reactive ketones (excluding diaryl/α,β-unsaturated/α-hetero) is 1.